The summed E-state index contributed by atoms with van der Waals surface area (Å²) < 4.78 is 43.3. The van der Waals surface area contributed by atoms with Crippen LogP contribution in [0.2, 0.25) is 5.02 Å². The Morgan fingerprint density at radius 3 is 2.57 bits per heavy atom. The van der Waals surface area contributed by atoms with E-state index in [0.29, 0.717) is 19.3 Å². The Kier molecular flexibility index (Phi) is 11.7. The van der Waals surface area contributed by atoms with Gasteiger partial charge in [-0.05, 0) is 49.5 Å². The molecule has 0 saturated carbocycles. The van der Waals surface area contributed by atoms with Crippen molar-refractivity contribution in [1.82, 2.24) is 13.9 Å². The second-order valence-electron chi connectivity index (χ2n) is 11.7. The minimum atomic E-state index is -3.85. The molecule has 4 N–H and O–H groups in total. The number of unbranched alkanes of at least 4 members (excludes halogenated alkanes) is 2. The molecule has 0 aliphatic carbocycles. The van der Waals surface area contributed by atoms with Gasteiger partial charge in [-0.25, -0.2) is 22.2 Å². The zero-order valence-corrected chi connectivity index (χ0v) is 30.2. The summed E-state index contributed by atoms with van der Waals surface area (Å²) in [6.07, 6.45) is 2.34. The summed E-state index contributed by atoms with van der Waals surface area (Å²) in [6.45, 7) is 0.434. The number of nitrogens with one attached hydrogen (secondary N) is 2. The summed E-state index contributed by atoms with van der Waals surface area (Å²) in [6, 6.07) is 11.5. The molecule has 3 heterocycles. The number of nitrogens with zero attached hydrogens (tertiary/aromatic N) is 2. The minimum Gasteiger partial charge on any atom is -0.480 e. The predicted molar refractivity (Wildman–Crippen MR) is 186 cm³/mol. The normalized spacial score (nSPS) is 22.4. The topological polar surface area (TPSA) is 156 Å². The number of rotatable bonds is 13. The molecule has 2 fully saturated rings. The summed E-state index contributed by atoms with van der Waals surface area (Å²) in [7, 11) is -5.71. The van der Waals surface area contributed by atoms with E-state index in [9.17, 15) is 32.6 Å². The van der Waals surface area contributed by atoms with Crippen molar-refractivity contribution in [2.45, 2.75) is 64.7 Å². The molecule has 46 heavy (non-hydrogen) atoms. The van der Waals surface area contributed by atoms with Crippen LogP contribution in [0.4, 0.5) is 5.69 Å². The Bertz CT molecular complexity index is 1600. The van der Waals surface area contributed by atoms with Crippen molar-refractivity contribution in [1.29, 1.82) is 0 Å². The molecule has 17 heteroatoms. The number of aliphatic carboxylic acids is 1. The standard InChI is InChI=1S/C29H38ClN4O7PS4/c1-33-26(32-22-14-21(30)25(15-24(22)45-33)46(40,41)31-17-20-8-4-2-5-9-20)10-6-3-7-11-42(38,39)18-27(35)34-19-29(43-12-13-44-29)16-23(34)28(36)37/h2,4-5,8-9,14-15,23,26,31-32H,3,6-7,10-13,16-19H2,1H3,(H,36,37)(H,38,39). The molecule has 0 bridgehead atoms. The first-order valence-electron chi connectivity index (χ1n) is 14.9. The summed E-state index contributed by atoms with van der Waals surface area (Å²) >= 11 is 11.2. The van der Waals surface area contributed by atoms with Gasteiger partial charge in [0.15, 0.2) is 0 Å². The molecule has 5 rings (SSSR count). The molecule has 1 spiro atoms. The predicted octanol–water partition coefficient (Wildman–Crippen LogP) is 5.20. The average Bonchev–Trinajstić information content (AvgIpc) is 3.63. The third kappa shape index (κ3) is 8.78. The number of hydrogen-bond acceptors (Lipinski definition) is 10. The van der Waals surface area contributed by atoms with Gasteiger partial charge in [-0.2, -0.15) is 0 Å². The van der Waals surface area contributed by atoms with E-state index in [1.54, 1.807) is 35.7 Å². The van der Waals surface area contributed by atoms with Gasteiger partial charge in [0.2, 0.25) is 23.3 Å². The van der Waals surface area contributed by atoms with Crippen LogP contribution in [-0.2, 0) is 30.7 Å². The van der Waals surface area contributed by atoms with Gasteiger partial charge in [0.25, 0.3) is 0 Å². The molecular weight excluding hydrogens is 711 g/mol. The maximum atomic E-state index is 13.0. The average molecular weight is 749 g/mol. The molecule has 3 unspecified atom stereocenters. The lowest BCUT2D eigenvalue weighted by molar-refractivity contribution is -0.147. The maximum Gasteiger partial charge on any atom is 0.326 e. The summed E-state index contributed by atoms with van der Waals surface area (Å²) in [4.78, 5) is 37.5. The van der Waals surface area contributed by atoms with Crippen LogP contribution in [0.25, 0.3) is 0 Å². The molecule has 3 aliphatic rings. The highest BCUT2D eigenvalue weighted by Gasteiger charge is 2.51. The fourth-order valence-electron chi connectivity index (χ4n) is 5.81. The number of carboxylic acid groups (broad SMARTS) is 1. The van der Waals surface area contributed by atoms with Crippen molar-refractivity contribution in [3.05, 3.63) is 53.1 Å². The van der Waals surface area contributed by atoms with Crippen molar-refractivity contribution in [3.8, 4) is 0 Å². The van der Waals surface area contributed by atoms with Crippen molar-refractivity contribution in [3.63, 3.8) is 0 Å². The fourth-order valence-corrected chi connectivity index (χ4v) is 13.2. The summed E-state index contributed by atoms with van der Waals surface area (Å²) in [5.41, 5.74) is 1.57. The highest BCUT2D eigenvalue weighted by atomic mass is 35.5. The van der Waals surface area contributed by atoms with Crippen LogP contribution in [0.3, 0.4) is 0 Å². The number of fused-ring (bicyclic) bond motifs is 1. The molecule has 2 saturated heterocycles. The van der Waals surface area contributed by atoms with E-state index < -0.39 is 41.5 Å². The Balaban J connectivity index is 1.09. The number of carbonyl (C=O) groups excluding carboxylic acids is 1. The Labute approximate surface area is 287 Å². The van der Waals surface area contributed by atoms with Crippen LogP contribution in [0.15, 0.2) is 52.3 Å². The van der Waals surface area contributed by atoms with Crippen LogP contribution in [0.5, 0.6) is 0 Å². The first-order valence-corrected chi connectivity index (χ1v) is 21.6. The number of anilines is 1. The van der Waals surface area contributed by atoms with Crippen molar-refractivity contribution >= 4 is 82.0 Å². The highest BCUT2D eigenvalue weighted by molar-refractivity contribution is 8.21. The number of benzene rings is 2. The van der Waals surface area contributed by atoms with Crippen molar-refractivity contribution in [2.24, 2.45) is 0 Å². The largest absolute Gasteiger partial charge is 0.480 e. The zero-order chi connectivity index (χ0) is 33.1. The second kappa shape index (κ2) is 15.0. The first-order chi connectivity index (χ1) is 21.8. The molecule has 0 radical (unpaired) electrons. The fraction of sp³-hybridized carbons (Fsp3) is 0.517. The van der Waals surface area contributed by atoms with Gasteiger partial charge in [0.05, 0.1) is 21.0 Å². The maximum absolute atomic E-state index is 13.0. The summed E-state index contributed by atoms with van der Waals surface area (Å²) in [5, 5.41) is 13.2. The molecular formula is C29H38ClN4O7PS4. The monoisotopic (exact) mass is 748 g/mol. The van der Waals surface area contributed by atoms with Crippen LogP contribution in [0.1, 0.15) is 37.7 Å². The smallest absolute Gasteiger partial charge is 0.326 e. The lowest BCUT2D eigenvalue weighted by Crippen LogP contribution is -2.42. The van der Waals surface area contributed by atoms with E-state index in [4.69, 9.17) is 11.6 Å². The number of halogens is 1. The van der Waals surface area contributed by atoms with Crippen molar-refractivity contribution < 1.29 is 32.6 Å². The molecule has 3 atom stereocenters. The van der Waals surface area contributed by atoms with Crippen LogP contribution < -0.4 is 10.0 Å². The Morgan fingerprint density at radius 1 is 1.15 bits per heavy atom. The van der Waals surface area contributed by atoms with Gasteiger partial charge >= 0.3 is 5.97 Å². The summed E-state index contributed by atoms with van der Waals surface area (Å²) in [5.74, 6) is 0.174. The number of sulfonamides is 1. The first kappa shape index (κ1) is 35.9. The highest BCUT2D eigenvalue weighted by Crippen LogP contribution is 2.52. The third-order valence-corrected chi connectivity index (χ3v) is 16.4. The van der Waals surface area contributed by atoms with Gasteiger partial charge in [-0.3, -0.25) is 9.36 Å². The molecule has 0 aromatic heterocycles. The van der Waals surface area contributed by atoms with Gasteiger partial charge in [-0.1, -0.05) is 54.8 Å². The quantitative estimate of drug-likeness (QED) is 0.121. The van der Waals surface area contributed by atoms with E-state index in [2.05, 4.69) is 10.0 Å². The zero-order valence-electron chi connectivity index (χ0n) is 25.3. The van der Waals surface area contributed by atoms with Gasteiger partial charge < -0.3 is 20.2 Å². The van der Waals surface area contributed by atoms with Gasteiger partial charge in [-0.15, -0.1) is 23.5 Å². The van der Waals surface area contributed by atoms with Crippen molar-refractivity contribution in [2.75, 3.05) is 42.7 Å². The van der Waals surface area contributed by atoms with E-state index >= 15 is 0 Å². The molecule has 1 amide bonds. The number of hydrogen-bond donors (Lipinski definition) is 4. The molecule has 11 nitrogen and oxygen atoms in total. The van der Waals surface area contributed by atoms with E-state index in [-0.39, 0.29) is 39.4 Å². The molecule has 3 aliphatic heterocycles. The van der Waals surface area contributed by atoms with E-state index in [1.165, 1.54) is 16.8 Å². The van der Waals surface area contributed by atoms with E-state index in [0.717, 1.165) is 40.5 Å². The van der Waals surface area contributed by atoms with Crippen LogP contribution in [-0.4, -0.2) is 93.2 Å². The van der Waals surface area contributed by atoms with E-state index in [1.807, 2.05) is 41.7 Å². The number of amides is 1. The number of likely N-dealkylation sites (tertiary alicyclic amines) is 1. The lowest BCUT2D eigenvalue weighted by Gasteiger charge is -2.35. The van der Waals surface area contributed by atoms with Gasteiger partial charge in [0, 0.05) is 42.1 Å². The van der Waals surface area contributed by atoms with Crippen LogP contribution in [0, 0.1) is 0 Å². The third-order valence-electron chi connectivity index (χ3n) is 8.21. The Hall–Kier alpha value is -1.42. The number of carboxylic acids is 1. The molecule has 2 aromatic carbocycles. The molecule has 252 valence electrons. The number of thioether (sulfide) groups is 2. The second-order valence-corrected chi connectivity index (χ2v) is 20.7. The Morgan fingerprint density at radius 2 is 1.87 bits per heavy atom. The van der Waals surface area contributed by atoms with Crippen LogP contribution >= 0.6 is 54.4 Å². The number of carbonyl (C=O) groups is 2. The lowest BCUT2D eigenvalue weighted by atomic mass is 10.1. The van der Waals surface area contributed by atoms with Gasteiger partial charge in [0.1, 0.15) is 17.1 Å². The molecule has 2 aromatic rings. The minimum absolute atomic E-state index is 0.00432. The SMILES string of the molecule is CN1Sc2cc(S(=O)(=O)NCc3ccccc3)c(Cl)cc2NC1CCCCCP(=O)(O)CC(=O)N1CC2(CC1C(=O)O)SCCS2.